The molecule has 2 atom stereocenters. The van der Waals surface area contributed by atoms with Crippen molar-refractivity contribution < 1.29 is 9.47 Å². The lowest BCUT2D eigenvalue weighted by Crippen LogP contribution is -2.29. The van der Waals surface area contributed by atoms with Crippen molar-refractivity contribution in [1.29, 1.82) is 0 Å². The SMILES string of the molecule is COCCOc1ccc(N2C(=S)N[C@@H](c3ccccn3)[C@@H]2c2cc(C)n(-c3cccc(C)c3C)c2C)cc1Cl. The van der Waals surface area contributed by atoms with Crippen LogP contribution in [0.5, 0.6) is 5.75 Å². The topological polar surface area (TPSA) is 51.6 Å². The molecule has 1 aliphatic rings. The van der Waals surface area contributed by atoms with Gasteiger partial charge in [0.25, 0.3) is 0 Å². The van der Waals surface area contributed by atoms with Crippen LogP contribution in [0.25, 0.3) is 5.69 Å². The Labute approximate surface area is 240 Å². The summed E-state index contributed by atoms with van der Waals surface area (Å²) in [7, 11) is 1.64. The molecule has 0 unspecified atom stereocenters. The number of benzene rings is 2. The summed E-state index contributed by atoms with van der Waals surface area (Å²) in [6.07, 6.45) is 1.82. The maximum absolute atomic E-state index is 6.68. The molecular formula is C31H33ClN4O2S. The number of aryl methyl sites for hydroxylation is 2. The van der Waals surface area contributed by atoms with Crippen LogP contribution in [-0.4, -0.2) is 35.0 Å². The van der Waals surface area contributed by atoms with E-state index >= 15 is 0 Å². The van der Waals surface area contributed by atoms with E-state index in [1.807, 2.05) is 42.6 Å². The molecule has 0 amide bonds. The number of aromatic nitrogens is 2. The second-order valence-electron chi connectivity index (χ2n) is 9.83. The highest BCUT2D eigenvalue weighted by Crippen LogP contribution is 2.45. The van der Waals surface area contributed by atoms with Crippen molar-refractivity contribution in [2.75, 3.05) is 25.2 Å². The summed E-state index contributed by atoms with van der Waals surface area (Å²) in [5.41, 5.74) is 9.02. The van der Waals surface area contributed by atoms with Crippen LogP contribution in [0.15, 0.2) is 66.9 Å². The number of rotatable bonds is 8. The smallest absolute Gasteiger partial charge is 0.174 e. The molecule has 0 bridgehead atoms. The van der Waals surface area contributed by atoms with Gasteiger partial charge in [0.1, 0.15) is 12.4 Å². The zero-order valence-corrected chi connectivity index (χ0v) is 24.4. The Kier molecular flexibility index (Phi) is 7.93. The molecule has 0 spiro atoms. The third kappa shape index (κ3) is 5.14. The van der Waals surface area contributed by atoms with Crippen LogP contribution < -0.4 is 15.0 Å². The highest BCUT2D eigenvalue weighted by Gasteiger charge is 2.42. The predicted octanol–water partition coefficient (Wildman–Crippen LogP) is 6.96. The van der Waals surface area contributed by atoms with Gasteiger partial charge in [-0.3, -0.25) is 4.98 Å². The maximum Gasteiger partial charge on any atom is 0.174 e. The van der Waals surface area contributed by atoms with Gasteiger partial charge in [0.2, 0.25) is 0 Å². The molecule has 0 radical (unpaired) electrons. The molecule has 0 saturated carbocycles. The summed E-state index contributed by atoms with van der Waals surface area (Å²) in [6, 6.07) is 20.2. The summed E-state index contributed by atoms with van der Waals surface area (Å²) in [4.78, 5) is 6.85. The van der Waals surface area contributed by atoms with Crippen LogP contribution >= 0.6 is 23.8 Å². The van der Waals surface area contributed by atoms with E-state index in [2.05, 4.69) is 66.7 Å². The van der Waals surface area contributed by atoms with Crippen molar-refractivity contribution in [2.45, 2.75) is 39.8 Å². The number of hydrogen-bond acceptors (Lipinski definition) is 4. The van der Waals surface area contributed by atoms with Gasteiger partial charge in [-0.1, -0.05) is 29.8 Å². The fraction of sp³-hybridized carbons (Fsp3) is 0.290. The van der Waals surface area contributed by atoms with Gasteiger partial charge in [-0.05, 0) is 99.1 Å². The van der Waals surface area contributed by atoms with Crippen LogP contribution in [0, 0.1) is 27.7 Å². The van der Waals surface area contributed by atoms with E-state index in [-0.39, 0.29) is 12.1 Å². The third-order valence-corrected chi connectivity index (χ3v) is 8.05. The van der Waals surface area contributed by atoms with Gasteiger partial charge < -0.3 is 24.3 Å². The van der Waals surface area contributed by atoms with Crippen molar-refractivity contribution in [3.63, 3.8) is 0 Å². The van der Waals surface area contributed by atoms with Crippen LogP contribution in [0.1, 0.15) is 45.9 Å². The summed E-state index contributed by atoms with van der Waals surface area (Å²) < 4.78 is 13.2. The zero-order chi connectivity index (χ0) is 27.7. The monoisotopic (exact) mass is 560 g/mol. The molecule has 2 aromatic carbocycles. The molecule has 5 rings (SSSR count). The van der Waals surface area contributed by atoms with Crippen LogP contribution in [0.3, 0.4) is 0 Å². The first-order valence-electron chi connectivity index (χ1n) is 13.0. The first kappa shape index (κ1) is 27.2. The number of halogens is 1. The average molecular weight is 561 g/mol. The second-order valence-corrected chi connectivity index (χ2v) is 10.6. The molecule has 1 saturated heterocycles. The second kappa shape index (κ2) is 11.4. The van der Waals surface area contributed by atoms with Crippen LogP contribution in [-0.2, 0) is 4.74 Å². The van der Waals surface area contributed by atoms with E-state index in [4.69, 9.17) is 38.3 Å². The van der Waals surface area contributed by atoms with Gasteiger partial charge in [-0.2, -0.15) is 0 Å². The van der Waals surface area contributed by atoms with Gasteiger partial charge in [0, 0.05) is 36.1 Å². The molecule has 1 N–H and O–H groups in total. The summed E-state index contributed by atoms with van der Waals surface area (Å²) in [5, 5.41) is 4.70. The maximum atomic E-state index is 6.68. The van der Waals surface area contributed by atoms with E-state index in [0.717, 1.165) is 22.8 Å². The predicted molar refractivity (Wildman–Crippen MR) is 161 cm³/mol. The molecule has 202 valence electrons. The lowest BCUT2D eigenvalue weighted by Gasteiger charge is -2.28. The van der Waals surface area contributed by atoms with Crippen LogP contribution in [0.2, 0.25) is 5.02 Å². The first-order chi connectivity index (χ1) is 18.8. The zero-order valence-electron chi connectivity index (χ0n) is 22.9. The summed E-state index contributed by atoms with van der Waals surface area (Å²) in [5.74, 6) is 0.612. The molecule has 6 nitrogen and oxygen atoms in total. The molecule has 1 fully saturated rings. The molecule has 0 aliphatic carbocycles. The Bertz CT molecular complexity index is 1500. The summed E-state index contributed by atoms with van der Waals surface area (Å²) in [6.45, 7) is 9.58. The largest absolute Gasteiger partial charge is 0.490 e. The number of hydrogen-bond donors (Lipinski definition) is 1. The van der Waals surface area contributed by atoms with Gasteiger partial charge in [-0.25, -0.2) is 0 Å². The number of nitrogens with zero attached hydrogens (tertiary/aromatic N) is 3. The number of pyridine rings is 1. The molecule has 8 heteroatoms. The number of thiocarbonyl (C=S) groups is 1. The van der Waals surface area contributed by atoms with Crippen molar-refractivity contribution in [1.82, 2.24) is 14.9 Å². The van der Waals surface area contributed by atoms with Crippen molar-refractivity contribution in [3.05, 3.63) is 106 Å². The number of nitrogens with one attached hydrogen (secondary N) is 1. The normalized spacial score (nSPS) is 17.0. The molecular weight excluding hydrogens is 528 g/mol. The minimum Gasteiger partial charge on any atom is -0.490 e. The fourth-order valence-corrected chi connectivity index (χ4v) is 5.95. The molecule has 3 heterocycles. The minimum atomic E-state index is -0.150. The number of methoxy groups -OCH3 is 1. The molecule has 39 heavy (non-hydrogen) atoms. The Morgan fingerprint density at radius 2 is 1.82 bits per heavy atom. The highest BCUT2D eigenvalue weighted by atomic mass is 35.5. The standard InChI is InChI=1S/C31H33ClN4O2S/c1-19-9-8-11-27(21(19)3)35-20(2)17-24(22(35)4)30-29(26-10-6-7-14-33-26)34-31(39)36(30)23-12-13-28(25(32)18-23)38-16-15-37-5/h6-14,17-18,29-30H,15-16H2,1-5H3,(H,34,39)/t29-,30-/m0/s1. The van der Waals surface area contributed by atoms with Crippen LogP contribution in [0.4, 0.5) is 5.69 Å². The lowest BCUT2D eigenvalue weighted by atomic mass is 9.96. The van der Waals surface area contributed by atoms with E-state index in [1.54, 1.807) is 7.11 Å². The first-order valence-corrected chi connectivity index (χ1v) is 13.8. The van der Waals surface area contributed by atoms with E-state index in [1.165, 1.54) is 22.4 Å². The minimum absolute atomic E-state index is 0.145. The third-order valence-electron chi connectivity index (χ3n) is 7.44. The van der Waals surface area contributed by atoms with Gasteiger partial charge in [0.15, 0.2) is 5.11 Å². The Hall–Kier alpha value is -3.39. The Morgan fingerprint density at radius 1 is 1.00 bits per heavy atom. The van der Waals surface area contributed by atoms with E-state index in [9.17, 15) is 0 Å². The van der Waals surface area contributed by atoms with E-state index < -0.39 is 0 Å². The Morgan fingerprint density at radius 3 is 2.54 bits per heavy atom. The summed E-state index contributed by atoms with van der Waals surface area (Å²) >= 11 is 12.6. The average Bonchev–Trinajstić information content (AvgIpc) is 3.42. The quantitative estimate of drug-likeness (QED) is 0.186. The van der Waals surface area contributed by atoms with Crippen molar-refractivity contribution in [2.24, 2.45) is 0 Å². The number of ether oxygens (including phenoxy) is 2. The van der Waals surface area contributed by atoms with Gasteiger partial charge in [-0.15, -0.1) is 0 Å². The molecule has 4 aromatic rings. The van der Waals surface area contributed by atoms with E-state index in [0.29, 0.717) is 29.1 Å². The van der Waals surface area contributed by atoms with Gasteiger partial charge in [0.05, 0.1) is 29.4 Å². The number of anilines is 1. The molecule has 1 aliphatic heterocycles. The lowest BCUT2D eigenvalue weighted by molar-refractivity contribution is 0.146. The van der Waals surface area contributed by atoms with Crippen molar-refractivity contribution >= 4 is 34.6 Å². The molecule has 2 aromatic heterocycles. The highest BCUT2D eigenvalue weighted by molar-refractivity contribution is 7.80. The van der Waals surface area contributed by atoms with Crippen molar-refractivity contribution in [3.8, 4) is 11.4 Å². The Balaban J connectivity index is 1.62. The fourth-order valence-electron chi connectivity index (χ4n) is 5.38. The van der Waals surface area contributed by atoms with Gasteiger partial charge >= 0.3 is 0 Å².